The first-order chi connectivity index (χ1) is 10.9. The summed E-state index contributed by atoms with van der Waals surface area (Å²) < 4.78 is 11.0. The van der Waals surface area contributed by atoms with Gasteiger partial charge in [0, 0.05) is 39.3 Å². The monoisotopic (exact) mass is 328 g/mol. The summed E-state index contributed by atoms with van der Waals surface area (Å²) in [6, 6.07) is 0.426. The fraction of sp³-hybridized carbons (Fsp3) is 0.941. The molecule has 1 heterocycles. The van der Waals surface area contributed by atoms with Crippen LogP contribution in [0.25, 0.3) is 0 Å². The molecule has 23 heavy (non-hydrogen) atoms. The third-order valence-electron chi connectivity index (χ3n) is 4.23. The van der Waals surface area contributed by atoms with Crippen molar-refractivity contribution in [1.82, 2.24) is 15.5 Å². The number of ether oxygens (including phenoxy) is 2. The summed E-state index contributed by atoms with van der Waals surface area (Å²) in [7, 11) is 1.77. The first-order valence-electron chi connectivity index (χ1n) is 8.75. The summed E-state index contributed by atoms with van der Waals surface area (Å²) in [5.41, 5.74) is 0.0974. The lowest BCUT2D eigenvalue weighted by atomic mass is 9.89. The van der Waals surface area contributed by atoms with E-state index in [-0.39, 0.29) is 11.5 Å². The molecule has 1 aliphatic rings. The fourth-order valence-corrected chi connectivity index (χ4v) is 2.63. The topological polar surface area (TPSA) is 58.1 Å². The average Bonchev–Trinajstić information content (AvgIpc) is 2.52. The van der Waals surface area contributed by atoms with Gasteiger partial charge in [0.25, 0.3) is 0 Å². The Balaban J connectivity index is 2.51. The highest BCUT2D eigenvalue weighted by Gasteiger charge is 2.24. The van der Waals surface area contributed by atoms with Crippen LogP contribution in [0.3, 0.4) is 0 Å². The lowest BCUT2D eigenvalue weighted by molar-refractivity contribution is 0.0202. The molecule has 6 nitrogen and oxygen atoms in total. The summed E-state index contributed by atoms with van der Waals surface area (Å²) in [6.45, 7) is 16.9. The van der Waals surface area contributed by atoms with Crippen molar-refractivity contribution in [1.29, 1.82) is 0 Å². The lowest BCUT2D eigenvalue weighted by Crippen LogP contribution is -2.47. The van der Waals surface area contributed by atoms with Crippen molar-refractivity contribution in [3.05, 3.63) is 0 Å². The maximum Gasteiger partial charge on any atom is 0.191 e. The van der Waals surface area contributed by atoms with Crippen molar-refractivity contribution in [3.8, 4) is 0 Å². The molecule has 0 saturated carbocycles. The second-order valence-electron chi connectivity index (χ2n) is 7.19. The highest BCUT2D eigenvalue weighted by Crippen LogP contribution is 2.20. The SMILES string of the molecule is CCNC(=NCC(C)N1CCOCC1)NCC(OC)C(C)(C)C. The Bertz CT molecular complexity index is 349. The molecular formula is C17H36N4O2. The van der Waals surface area contributed by atoms with E-state index >= 15 is 0 Å². The number of hydrogen-bond acceptors (Lipinski definition) is 4. The van der Waals surface area contributed by atoms with Crippen molar-refractivity contribution in [3.63, 3.8) is 0 Å². The van der Waals surface area contributed by atoms with Gasteiger partial charge in [-0.3, -0.25) is 9.89 Å². The van der Waals surface area contributed by atoms with Crippen LogP contribution >= 0.6 is 0 Å². The van der Waals surface area contributed by atoms with Crippen LogP contribution in [0.5, 0.6) is 0 Å². The molecule has 2 atom stereocenters. The van der Waals surface area contributed by atoms with Crippen molar-refractivity contribution in [2.45, 2.75) is 46.8 Å². The zero-order chi connectivity index (χ0) is 17.3. The van der Waals surface area contributed by atoms with Gasteiger partial charge in [0.15, 0.2) is 5.96 Å². The molecule has 0 spiro atoms. The van der Waals surface area contributed by atoms with Crippen molar-refractivity contribution < 1.29 is 9.47 Å². The Morgan fingerprint density at radius 3 is 2.43 bits per heavy atom. The van der Waals surface area contributed by atoms with Crippen LogP contribution in [0.15, 0.2) is 4.99 Å². The van der Waals surface area contributed by atoms with Gasteiger partial charge in [-0.05, 0) is 19.3 Å². The molecule has 0 bridgehead atoms. The molecule has 1 fully saturated rings. The second kappa shape index (κ2) is 10.1. The van der Waals surface area contributed by atoms with E-state index < -0.39 is 0 Å². The van der Waals surface area contributed by atoms with Crippen molar-refractivity contribution in [2.75, 3.05) is 53.0 Å². The van der Waals surface area contributed by atoms with E-state index in [1.165, 1.54) is 0 Å². The van der Waals surface area contributed by atoms with E-state index in [9.17, 15) is 0 Å². The Labute approximate surface area is 142 Å². The largest absolute Gasteiger partial charge is 0.379 e. The summed E-state index contributed by atoms with van der Waals surface area (Å²) in [4.78, 5) is 7.17. The van der Waals surface area contributed by atoms with Crippen LogP contribution < -0.4 is 10.6 Å². The molecular weight excluding hydrogens is 292 g/mol. The third kappa shape index (κ3) is 7.50. The number of hydrogen-bond donors (Lipinski definition) is 2. The minimum atomic E-state index is 0.0974. The van der Waals surface area contributed by atoms with Gasteiger partial charge >= 0.3 is 0 Å². The third-order valence-corrected chi connectivity index (χ3v) is 4.23. The number of morpholine rings is 1. The number of guanidine groups is 1. The van der Waals surface area contributed by atoms with Gasteiger partial charge in [-0.2, -0.15) is 0 Å². The average molecular weight is 329 g/mol. The maximum absolute atomic E-state index is 5.60. The molecule has 136 valence electrons. The molecule has 0 amide bonds. The first-order valence-corrected chi connectivity index (χ1v) is 8.75. The quantitative estimate of drug-likeness (QED) is 0.545. The molecule has 1 rings (SSSR count). The van der Waals surface area contributed by atoms with E-state index in [4.69, 9.17) is 14.5 Å². The molecule has 0 radical (unpaired) electrons. The predicted octanol–water partition coefficient (Wildman–Crippen LogP) is 1.32. The van der Waals surface area contributed by atoms with Crippen LogP contribution in [0.2, 0.25) is 0 Å². The number of nitrogens with one attached hydrogen (secondary N) is 2. The standard InChI is InChI=1S/C17H36N4O2/c1-7-18-16(20-13-15(22-6)17(3,4)5)19-12-14(2)21-8-10-23-11-9-21/h14-15H,7-13H2,1-6H3,(H2,18,19,20). The van der Waals surface area contributed by atoms with Crippen LogP contribution in [-0.2, 0) is 9.47 Å². The molecule has 0 aromatic rings. The molecule has 1 aliphatic heterocycles. The van der Waals surface area contributed by atoms with Crippen LogP contribution in [0.4, 0.5) is 0 Å². The second-order valence-corrected chi connectivity index (χ2v) is 7.19. The fourth-order valence-electron chi connectivity index (χ4n) is 2.63. The first kappa shape index (κ1) is 20.2. The normalized spacial score (nSPS) is 20.2. The van der Waals surface area contributed by atoms with E-state index in [1.54, 1.807) is 7.11 Å². The van der Waals surface area contributed by atoms with E-state index in [0.717, 1.165) is 51.9 Å². The van der Waals surface area contributed by atoms with E-state index in [1.807, 2.05) is 0 Å². The van der Waals surface area contributed by atoms with E-state index in [2.05, 4.69) is 50.2 Å². The highest BCUT2D eigenvalue weighted by atomic mass is 16.5. The molecule has 0 aliphatic carbocycles. The zero-order valence-corrected chi connectivity index (χ0v) is 15.8. The summed E-state index contributed by atoms with van der Waals surface area (Å²) in [5, 5.41) is 6.72. The zero-order valence-electron chi connectivity index (χ0n) is 15.8. The number of rotatable bonds is 7. The predicted molar refractivity (Wildman–Crippen MR) is 96.1 cm³/mol. The highest BCUT2D eigenvalue weighted by molar-refractivity contribution is 5.79. The van der Waals surface area contributed by atoms with Crippen molar-refractivity contribution in [2.24, 2.45) is 10.4 Å². The van der Waals surface area contributed by atoms with Gasteiger partial charge in [-0.25, -0.2) is 0 Å². The molecule has 6 heteroatoms. The molecule has 1 saturated heterocycles. The molecule has 0 aromatic heterocycles. The Morgan fingerprint density at radius 2 is 1.91 bits per heavy atom. The molecule has 2 N–H and O–H groups in total. The molecule has 2 unspecified atom stereocenters. The van der Waals surface area contributed by atoms with E-state index in [0.29, 0.717) is 6.04 Å². The summed E-state index contributed by atoms with van der Waals surface area (Å²) >= 11 is 0. The Hall–Kier alpha value is -0.850. The number of aliphatic imine (C=N–C) groups is 1. The lowest BCUT2D eigenvalue weighted by Gasteiger charge is -2.32. The van der Waals surface area contributed by atoms with Gasteiger partial charge in [-0.15, -0.1) is 0 Å². The van der Waals surface area contributed by atoms with Crippen LogP contribution in [0, 0.1) is 5.41 Å². The number of nitrogens with zero attached hydrogens (tertiary/aromatic N) is 2. The minimum Gasteiger partial charge on any atom is -0.379 e. The smallest absolute Gasteiger partial charge is 0.191 e. The Morgan fingerprint density at radius 1 is 1.26 bits per heavy atom. The van der Waals surface area contributed by atoms with Gasteiger partial charge in [0.05, 0.1) is 25.9 Å². The summed E-state index contributed by atoms with van der Waals surface area (Å²) in [5.74, 6) is 0.860. The maximum atomic E-state index is 5.60. The van der Waals surface area contributed by atoms with Gasteiger partial charge in [-0.1, -0.05) is 20.8 Å². The summed E-state index contributed by atoms with van der Waals surface area (Å²) in [6.07, 6.45) is 0.142. The Kier molecular flexibility index (Phi) is 8.87. The minimum absolute atomic E-state index is 0.0974. The van der Waals surface area contributed by atoms with Crippen molar-refractivity contribution >= 4 is 5.96 Å². The van der Waals surface area contributed by atoms with Crippen LogP contribution in [0.1, 0.15) is 34.6 Å². The van der Waals surface area contributed by atoms with Gasteiger partial charge in [0.2, 0.25) is 0 Å². The molecule has 0 aromatic carbocycles. The van der Waals surface area contributed by atoms with Gasteiger partial charge in [0.1, 0.15) is 0 Å². The number of methoxy groups -OCH3 is 1. The van der Waals surface area contributed by atoms with Gasteiger partial charge < -0.3 is 20.1 Å². The van der Waals surface area contributed by atoms with Crippen LogP contribution in [-0.4, -0.2) is 76.1 Å².